The second-order valence-corrected chi connectivity index (χ2v) is 8.72. The molecule has 7 nitrogen and oxygen atoms in total. The summed E-state index contributed by atoms with van der Waals surface area (Å²) in [5.74, 6) is -0.548. The van der Waals surface area contributed by atoms with E-state index in [1.54, 1.807) is 31.7 Å². The van der Waals surface area contributed by atoms with Gasteiger partial charge >= 0.3 is 11.8 Å². The van der Waals surface area contributed by atoms with Crippen LogP contribution in [0.1, 0.15) is 56.3 Å². The molecule has 1 aromatic carbocycles. The van der Waals surface area contributed by atoms with Gasteiger partial charge in [0.05, 0.1) is 23.5 Å². The van der Waals surface area contributed by atoms with E-state index < -0.39 is 17.4 Å². The van der Waals surface area contributed by atoms with Gasteiger partial charge in [0.15, 0.2) is 0 Å². The van der Waals surface area contributed by atoms with Crippen LogP contribution >= 0.6 is 0 Å². The summed E-state index contributed by atoms with van der Waals surface area (Å²) in [6.07, 6.45) is 3.20. The second kappa shape index (κ2) is 8.44. The molecule has 2 heterocycles. The highest BCUT2D eigenvalue weighted by molar-refractivity contribution is 6.39. The van der Waals surface area contributed by atoms with Crippen molar-refractivity contribution in [2.24, 2.45) is 5.92 Å². The number of pyridine rings is 1. The lowest BCUT2D eigenvalue weighted by Crippen LogP contribution is -2.46. The van der Waals surface area contributed by atoms with Crippen molar-refractivity contribution in [2.75, 3.05) is 17.6 Å². The highest BCUT2D eigenvalue weighted by atomic mass is 16.3. The smallest absolute Gasteiger partial charge is 0.313 e. The Hall–Kier alpha value is -2.93. The predicted octanol–water partition coefficient (Wildman–Crippen LogP) is 3.14. The van der Waals surface area contributed by atoms with Crippen molar-refractivity contribution in [2.45, 2.75) is 52.2 Å². The van der Waals surface area contributed by atoms with Crippen LogP contribution in [0.3, 0.4) is 0 Å². The molecule has 1 saturated heterocycles. The summed E-state index contributed by atoms with van der Waals surface area (Å²) in [7, 11) is 0. The number of aromatic nitrogens is 1. The van der Waals surface area contributed by atoms with Crippen molar-refractivity contribution < 1.29 is 14.7 Å². The number of nitrogens with zero attached hydrogens (tertiary/aromatic N) is 2. The molecule has 0 aliphatic carbocycles. The molecule has 0 bridgehead atoms. The minimum absolute atomic E-state index is 0.179. The largest absolute Gasteiger partial charge is 0.386 e. The Labute approximate surface area is 177 Å². The van der Waals surface area contributed by atoms with Gasteiger partial charge in [-0.2, -0.15) is 0 Å². The molecule has 160 valence electrons. The first-order valence-corrected chi connectivity index (χ1v) is 10.2. The molecule has 3 rings (SSSR count). The maximum absolute atomic E-state index is 13.0. The van der Waals surface area contributed by atoms with Crippen LogP contribution in [-0.4, -0.2) is 33.3 Å². The fourth-order valence-corrected chi connectivity index (χ4v) is 3.81. The van der Waals surface area contributed by atoms with Crippen LogP contribution in [0.25, 0.3) is 0 Å². The number of likely N-dealkylation sites (tertiary alicyclic amines) is 1. The molecule has 2 amide bonds. The van der Waals surface area contributed by atoms with E-state index in [4.69, 9.17) is 5.73 Å². The van der Waals surface area contributed by atoms with E-state index in [0.717, 1.165) is 29.5 Å². The van der Waals surface area contributed by atoms with Crippen molar-refractivity contribution in [3.8, 4) is 0 Å². The standard InChI is InChI=1S/C23H30N4O3/c1-14-5-10-19(16-6-8-17(9-7-16)23(3,4)30)27(13-14)22(29)21(28)26-18-11-15(2)20(24)25-12-18/h6-9,11-12,14,19,30H,5,10,13H2,1-4H3,(H2,24,25)(H,26,28)/t14-,19+/m1/s1. The average Bonchev–Trinajstić information content (AvgIpc) is 2.69. The molecule has 1 aliphatic heterocycles. The maximum Gasteiger partial charge on any atom is 0.313 e. The Kier molecular flexibility index (Phi) is 6.12. The molecule has 30 heavy (non-hydrogen) atoms. The van der Waals surface area contributed by atoms with Crippen LogP contribution < -0.4 is 11.1 Å². The van der Waals surface area contributed by atoms with Crippen LogP contribution in [0.5, 0.6) is 0 Å². The van der Waals surface area contributed by atoms with E-state index in [1.165, 1.54) is 6.20 Å². The van der Waals surface area contributed by atoms with Crippen molar-refractivity contribution in [1.29, 1.82) is 0 Å². The number of carbonyl (C=O) groups is 2. The van der Waals surface area contributed by atoms with Gasteiger partial charge in [0.25, 0.3) is 0 Å². The number of aliphatic hydroxyl groups is 1. The van der Waals surface area contributed by atoms with E-state index in [9.17, 15) is 14.7 Å². The predicted molar refractivity (Wildman–Crippen MR) is 117 cm³/mol. The number of amides is 2. The molecule has 0 spiro atoms. The number of benzene rings is 1. The molecule has 0 unspecified atom stereocenters. The third-order valence-corrected chi connectivity index (χ3v) is 5.65. The normalized spacial score (nSPS) is 19.4. The molecule has 1 aromatic heterocycles. The molecule has 1 fully saturated rings. The minimum atomic E-state index is -0.930. The number of hydrogen-bond donors (Lipinski definition) is 3. The van der Waals surface area contributed by atoms with Crippen LogP contribution in [0.2, 0.25) is 0 Å². The first-order chi connectivity index (χ1) is 14.1. The number of nitrogen functional groups attached to an aromatic ring is 1. The number of aryl methyl sites for hydroxylation is 1. The lowest BCUT2D eigenvalue weighted by Gasteiger charge is -2.38. The van der Waals surface area contributed by atoms with Crippen LogP contribution in [-0.2, 0) is 15.2 Å². The lowest BCUT2D eigenvalue weighted by molar-refractivity contribution is -0.146. The first-order valence-electron chi connectivity index (χ1n) is 10.2. The zero-order valence-electron chi connectivity index (χ0n) is 18.0. The highest BCUT2D eigenvalue weighted by Crippen LogP contribution is 2.34. The number of rotatable bonds is 3. The van der Waals surface area contributed by atoms with Gasteiger partial charge in [0, 0.05) is 6.54 Å². The molecule has 1 aliphatic rings. The summed E-state index contributed by atoms with van der Waals surface area (Å²) in [6, 6.07) is 9.12. The van der Waals surface area contributed by atoms with E-state index in [-0.39, 0.29) is 6.04 Å². The van der Waals surface area contributed by atoms with E-state index >= 15 is 0 Å². The summed E-state index contributed by atoms with van der Waals surface area (Å²) < 4.78 is 0. The molecule has 2 atom stereocenters. The number of nitrogens with one attached hydrogen (secondary N) is 1. The third kappa shape index (κ3) is 4.79. The molecule has 0 radical (unpaired) electrons. The topological polar surface area (TPSA) is 109 Å². The van der Waals surface area contributed by atoms with Crippen LogP contribution in [0.4, 0.5) is 11.5 Å². The summed E-state index contributed by atoms with van der Waals surface area (Å²) in [5.41, 5.74) is 7.72. The zero-order valence-corrected chi connectivity index (χ0v) is 18.0. The molecule has 4 N–H and O–H groups in total. The van der Waals surface area contributed by atoms with Gasteiger partial charge in [-0.25, -0.2) is 4.98 Å². The summed E-state index contributed by atoms with van der Waals surface area (Å²) >= 11 is 0. The van der Waals surface area contributed by atoms with E-state index in [2.05, 4.69) is 17.2 Å². The van der Waals surface area contributed by atoms with Crippen molar-refractivity contribution in [1.82, 2.24) is 9.88 Å². The highest BCUT2D eigenvalue weighted by Gasteiger charge is 2.34. The number of hydrogen-bond acceptors (Lipinski definition) is 5. The van der Waals surface area contributed by atoms with Gasteiger partial charge in [-0.3, -0.25) is 9.59 Å². The molecule has 0 saturated carbocycles. The minimum Gasteiger partial charge on any atom is -0.386 e. The summed E-state index contributed by atoms with van der Waals surface area (Å²) in [4.78, 5) is 31.4. The molecular formula is C23H30N4O3. The first kappa shape index (κ1) is 21.8. The van der Waals surface area contributed by atoms with E-state index in [1.807, 2.05) is 24.3 Å². The monoisotopic (exact) mass is 410 g/mol. The summed E-state index contributed by atoms with van der Waals surface area (Å²) in [6.45, 7) is 7.86. The van der Waals surface area contributed by atoms with Crippen molar-refractivity contribution in [3.05, 3.63) is 53.2 Å². The second-order valence-electron chi connectivity index (χ2n) is 8.72. The van der Waals surface area contributed by atoms with Crippen LogP contribution in [0.15, 0.2) is 36.5 Å². The fraction of sp³-hybridized carbons (Fsp3) is 0.435. The summed E-state index contributed by atoms with van der Waals surface area (Å²) in [5, 5.41) is 12.8. The quantitative estimate of drug-likeness (QED) is 0.674. The van der Waals surface area contributed by atoms with Gasteiger partial charge in [-0.05, 0) is 62.3 Å². The zero-order chi connectivity index (χ0) is 22.1. The van der Waals surface area contributed by atoms with E-state index in [0.29, 0.717) is 24.0 Å². The average molecular weight is 411 g/mol. The number of anilines is 2. The molecule has 2 aromatic rings. The van der Waals surface area contributed by atoms with Gasteiger partial charge in [0.2, 0.25) is 0 Å². The lowest BCUT2D eigenvalue weighted by atomic mass is 9.88. The molecule has 7 heteroatoms. The van der Waals surface area contributed by atoms with Gasteiger partial charge in [-0.1, -0.05) is 31.2 Å². The Morgan fingerprint density at radius 3 is 2.50 bits per heavy atom. The Balaban J connectivity index is 1.80. The van der Waals surface area contributed by atoms with Crippen LogP contribution in [0, 0.1) is 12.8 Å². The number of piperidine rings is 1. The third-order valence-electron chi connectivity index (χ3n) is 5.65. The number of carbonyl (C=O) groups excluding carboxylic acids is 2. The Morgan fingerprint density at radius 2 is 1.90 bits per heavy atom. The SMILES string of the molecule is Cc1cc(NC(=O)C(=O)N2C[C@H](C)CC[C@H]2c2ccc(C(C)(C)O)cc2)cnc1N. The van der Waals surface area contributed by atoms with Gasteiger partial charge in [-0.15, -0.1) is 0 Å². The number of nitrogens with two attached hydrogens (primary N) is 1. The Morgan fingerprint density at radius 1 is 1.23 bits per heavy atom. The molecular weight excluding hydrogens is 380 g/mol. The van der Waals surface area contributed by atoms with Gasteiger partial charge in [0.1, 0.15) is 5.82 Å². The maximum atomic E-state index is 13.0. The Bertz CT molecular complexity index is 934. The van der Waals surface area contributed by atoms with Crippen molar-refractivity contribution in [3.63, 3.8) is 0 Å². The van der Waals surface area contributed by atoms with Gasteiger partial charge < -0.3 is 21.1 Å². The van der Waals surface area contributed by atoms with Crippen molar-refractivity contribution >= 4 is 23.3 Å². The fourth-order valence-electron chi connectivity index (χ4n) is 3.81.